The number of fused-ring (bicyclic) bond motifs is 1. The molecule has 3 aromatic rings. The maximum absolute atomic E-state index is 12.6. The van der Waals surface area contributed by atoms with Gasteiger partial charge in [-0.2, -0.15) is 0 Å². The van der Waals surface area contributed by atoms with Crippen molar-refractivity contribution in [3.63, 3.8) is 0 Å². The number of halogens is 3. The molecule has 2 aromatic heterocycles. The number of carbonyl (C=O) groups is 2. The van der Waals surface area contributed by atoms with Gasteiger partial charge in [-0.05, 0) is 18.6 Å². The summed E-state index contributed by atoms with van der Waals surface area (Å²) in [6, 6.07) is 7.40. The zero-order chi connectivity index (χ0) is 23.4. The summed E-state index contributed by atoms with van der Waals surface area (Å²) in [7, 11) is 0. The Labute approximate surface area is 208 Å². The Balaban J connectivity index is 1.26. The van der Waals surface area contributed by atoms with Gasteiger partial charge in [-0.3, -0.25) is 4.79 Å². The molecular formula is C22H19Cl3N4O3S. The fourth-order valence-electron chi connectivity index (χ4n) is 4.43. The number of piperidine rings is 1. The zero-order valence-electron chi connectivity index (χ0n) is 17.4. The fourth-order valence-corrected chi connectivity index (χ4v) is 5.99. The van der Waals surface area contributed by atoms with E-state index in [0.717, 1.165) is 5.56 Å². The Bertz CT molecular complexity index is 1260. The number of rotatable bonds is 6. The highest BCUT2D eigenvalue weighted by Crippen LogP contribution is 2.48. The fraction of sp³-hybridized carbons (Fsp3) is 0.318. The van der Waals surface area contributed by atoms with Crippen LogP contribution < -0.4 is 10.2 Å². The van der Waals surface area contributed by atoms with Crippen LogP contribution in [0.3, 0.4) is 0 Å². The molecular weight excluding hydrogens is 507 g/mol. The third-order valence-electron chi connectivity index (χ3n) is 6.24. The van der Waals surface area contributed by atoms with Gasteiger partial charge in [0.2, 0.25) is 0 Å². The molecule has 1 saturated carbocycles. The molecule has 0 spiro atoms. The number of carboxylic acids is 1. The van der Waals surface area contributed by atoms with Crippen LogP contribution in [0, 0.1) is 18.8 Å². The number of aromatic nitrogens is 2. The van der Waals surface area contributed by atoms with E-state index in [-0.39, 0.29) is 39.4 Å². The first-order valence-corrected chi connectivity index (χ1v) is 12.3. The highest BCUT2D eigenvalue weighted by molar-refractivity contribution is 7.17. The van der Waals surface area contributed by atoms with Crippen molar-refractivity contribution < 1.29 is 14.7 Å². The molecule has 5 rings (SSSR count). The highest BCUT2D eigenvalue weighted by Gasteiger charge is 2.57. The minimum absolute atomic E-state index is 0.0497. The lowest BCUT2D eigenvalue weighted by Gasteiger charge is -2.19. The molecule has 1 amide bonds. The molecule has 172 valence electrons. The number of carbonyl (C=O) groups excluding carboxylic acids is 1. The lowest BCUT2D eigenvalue weighted by atomic mass is 10.1. The molecule has 1 aliphatic heterocycles. The van der Waals surface area contributed by atoms with E-state index in [2.05, 4.69) is 20.2 Å². The number of aromatic amines is 1. The smallest absolute Gasteiger partial charge is 0.347 e. The van der Waals surface area contributed by atoms with Gasteiger partial charge in [0.1, 0.15) is 10.6 Å². The molecule has 0 unspecified atom stereocenters. The van der Waals surface area contributed by atoms with E-state index >= 15 is 0 Å². The normalized spacial score (nSPS) is 21.2. The Kier molecular flexibility index (Phi) is 5.81. The summed E-state index contributed by atoms with van der Waals surface area (Å²) in [5, 5.41) is 14.6. The second kappa shape index (κ2) is 8.51. The number of nitrogens with zero attached hydrogens (tertiary/aromatic N) is 2. The van der Waals surface area contributed by atoms with Crippen molar-refractivity contribution in [1.82, 2.24) is 15.3 Å². The van der Waals surface area contributed by atoms with Crippen LogP contribution in [-0.2, 0) is 6.42 Å². The third kappa shape index (κ3) is 4.10. The summed E-state index contributed by atoms with van der Waals surface area (Å²) in [5.74, 6) is -0.704. The van der Waals surface area contributed by atoms with Crippen molar-refractivity contribution >= 4 is 63.1 Å². The summed E-state index contributed by atoms with van der Waals surface area (Å²) >= 11 is 19.7. The number of aromatic carboxylic acids is 1. The Hall–Kier alpha value is -2.26. The van der Waals surface area contributed by atoms with Crippen LogP contribution in [0.1, 0.15) is 37.1 Å². The second-order valence-corrected chi connectivity index (χ2v) is 10.5. The van der Waals surface area contributed by atoms with Crippen molar-refractivity contribution in [2.75, 3.05) is 18.0 Å². The summed E-state index contributed by atoms with van der Waals surface area (Å²) in [6.45, 7) is 3.16. The maximum atomic E-state index is 12.6. The molecule has 3 heterocycles. The van der Waals surface area contributed by atoms with Gasteiger partial charge in [-0.15, -0.1) is 0 Å². The number of aryl methyl sites for hydroxylation is 1. The first-order valence-electron chi connectivity index (χ1n) is 10.3. The van der Waals surface area contributed by atoms with E-state index in [0.29, 0.717) is 46.1 Å². The van der Waals surface area contributed by atoms with Gasteiger partial charge in [0.15, 0.2) is 5.13 Å². The lowest BCUT2D eigenvalue weighted by molar-refractivity contribution is 0.0700. The van der Waals surface area contributed by atoms with Crippen LogP contribution in [0.4, 0.5) is 5.13 Å². The van der Waals surface area contributed by atoms with E-state index in [4.69, 9.17) is 34.8 Å². The number of hydrogen-bond acceptors (Lipinski definition) is 5. The van der Waals surface area contributed by atoms with Gasteiger partial charge in [-0.1, -0.05) is 64.3 Å². The van der Waals surface area contributed by atoms with Crippen LogP contribution in [0.15, 0.2) is 24.3 Å². The van der Waals surface area contributed by atoms with E-state index in [1.807, 2.05) is 18.2 Å². The predicted octanol–water partition coefficient (Wildman–Crippen LogP) is 4.89. The number of hydrogen-bond donors (Lipinski definition) is 3. The number of carboxylic acid groups (broad SMARTS) is 1. The predicted molar refractivity (Wildman–Crippen MR) is 129 cm³/mol. The Morgan fingerprint density at radius 2 is 1.91 bits per heavy atom. The van der Waals surface area contributed by atoms with Crippen molar-refractivity contribution in [3.05, 3.63) is 66.9 Å². The summed E-state index contributed by atoms with van der Waals surface area (Å²) in [5.41, 5.74) is 2.27. The Morgan fingerprint density at radius 1 is 1.21 bits per heavy atom. The molecule has 1 aromatic carbocycles. The van der Waals surface area contributed by atoms with Crippen LogP contribution >= 0.6 is 46.1 Å². The molecule has 1 aliphatic carbocycles. The molecule has 7 nitrogen and oxygen atoms in total. The standard InChI is InChI=1S/C22H19Cl3N4O3S/c1-9-15(24)16(25)18(26-9)20(30)28-17-11-7-29(8-12(11)17)22-27-14(19(33-22)21(31)32)6-10-4-2-3-5-13(10)23/h2-5,11-12,17,26H,6-8H2,1H3,(H,28,30)(H,31,32)/t11-,12+,17-. The second-order valence-electron chi connectivity index (χ2n) is 8.33. The number of thiazole rings is 1. The summed E-state index contributed by atoms with van der Waals surface area (Å²) in [6.07, 6.45) is 0.357. The van der Waals surface area contributed by atoms with E-state index in [9.17, 15) is 14.7 Å². The highest BCUT2D eigenvalue weighted by atomic mass is 35.5. The van der Waals surface area contributed by atoms with Crippen molar-refractivity contribution in [3.8, 4) is 0 Å². The van der Waals surface area contributed by atoms with Gasteiger partial charge in [0.05, 0.1) is 15.7 Å². The number of nitrogens with one attached hydrogen (secondary N) is 2. The number of benzene rings is 1. The zero-order valence-corrected chi connectivity index (χ0v) is 20.4. The largest absolute Gasteiger partial charge is 0.477 e. The van der Waals surface area contributed by atoms with Crippen LogP contribution in [-0.4, -0.2) is 46.1 Å². The summed E-state index contributed by atoms with van der Waals surface area (Å²) < 4.78 is 0. The molecule has 3 atom stereocenters. The molecule has 1 saturated heterocycles. The first kappa shape index (κ1) is 22.5. The quantitative estimate of drug-likeness (QED) is 0.425. The number of anilines is 1. The minimum atomic E-state index is -0.993. The molecule has 3 N–H and O–H groups in total. The van der Waals surface area contributed by atoms with Gasteiger partial charge in [0, 0.05) is 48.1 Å². The molecule has 0 radical (unpaired) electrons. The minimum Gasteiger partial charge on any atom is -0.477 e. The van der Waals surface area contributed by atoms with E-state index < -0.39 is 5.97 Å². The van der Waals surface area contributed by atoms with Crippen molar-refractivity contribution in [2.24, 2.45) is 11.8 Å². The monoisotopic (exact) mass is 524 g/mol. The van der Waals surface area contributed by atoms with Gasteiger partial charge in [-0.25, -0.2) is 9.78 Å². The third-order valence-corrected chi connectivity index (χ3v) is 8.70. The average Bonchev–Trinajstić information content (AvgIpc) is 3.14. The van der Waals surface area contributed by atoms with Gasteiger partial charge in [0.25, 0.3) is 5.91 Å². The van der Waals surface area contributed by atoms with Crippen molar-refractivity contribution in [1.29, 1.82) is 0 Å². The van der Waals surface area contributed by atoms with Crippen molar-refractivity contribution in [2.45, 2.75) is 19.4 Å². The number of amides is 1. The topological polar surface area (TPSA) is 98.3 Å². The van der Waals surface area contributed by atoms with Crippen LogP contribution in [0.2, 0.25) is 15.1 Å². The molecule has 11 heteroatoms. The van der Waals surface area contributed by atoms with Gasteiger partial charge >= 0.3 is 5.97 Å². The SMILES string of the molecule is Cc1[nH]c(C(=O)N[C@@H]2[C@@H]3CN(c4nc(Cc5ccccc5Cl)c(C(=O)O)s4)C[C@@H]32)c(Cl)c1Cl. The first-order chi connectivity index (χ1) is 15.7. The van der Waals surface area contributed by atoms with E-state index in [1.165, 1.54) is 11.3 Å². The van der Waals surface area contributed by atoms with Gasteiger partial charge < -0.3 is 20.3 Å². The summed E-state index contributed by atoms with van der Waals surface area (Å²) in [4.78, 5) is 34.3. The van der Waals surface area contributed by atoms with Crippen LogP contribution in [0.25, 0.3) is 0 Å². The molecule has 33 heavy (non-hydrogen) atoms. The Morgan fingerprint density at radius 3 is 2.52 bits per heavy atom. The maximum Gasteiger partial charge on any atom is 0.347 e. The average molecular weight is 526 g/mol. The van der Waals surface area contributed by atoms with E-state index in [1.54, 1.807) is 13.0 Å². The van der Waals surface area contributed by atoms with Crippen LogP contribution in [0.5, 0.6) is 0 Å². The lowest BCUT2D eigenvalue weighted by Crippen LogP contribution is -2.34. The number of H-pyrrole nitrogens is 1. The molecule has 2 aliphatic rings. The molecule has 2 fully saturated rings. The molecule has 0 bridgehead atoms.